The van der Waals surface area contributed by atoms with Crippen molar-refractivity contribution in [3.8, 4) is 0 Å². The third-order valence-corrected chi connectivity index (χ3v) is 7.71. The van der Waals surface area contributed by atoms with E-state index in [1.54, 1.807) is 13.0 Å². The molecular formula is C19H19Cl2N3O5S. The van der Waals surface area contributed by atoms with E-state index in [0.717, 1.165) is 0 Å². The standard InChI is InChI=1S/C19H19Cl2N3O5S/c1-12-16(3-2-4-17(12)24(26)27)22-19(25)13-7-9-23(10-8-13)30(28,29)18-11-14(20)5-6-15(18)21/h2-6,11,13H,7-10H2,1H3,(H,22,25). The number of carbonyl (C=O) groups is 1. The highest BCUT2D eigenvalue weighted by molar-refractivity contribution is 7.89. The molecule has 0 spiro atoms. The molecule has 0 aliphatic carbocycles. The fraction of sp³-hybridized carbons (Fsp3) is 0.316. The summed E-state index contributed by atoms with van der Waals surface area (Å²) in [5.74, 6) is -0.707. The minimum atomic E-state index is -3.83. The average Bonchev–Trinajstić information content (AvgIpc) is 2.71. The van der Waals surface area contributed by atoms with Crippen molar-refractivity contribution in [1.29, 1.82) is 0 Å². The van der Waals surface area contributed by atoms with Gasteiger partial charge < -0.3 is 5.32 Å². The molecule has 2 aromatic rings. The first kappa shape index (κ1) is 22.5. The van der Waals surface area contributed by atoms with Crippen LogP contribution in [-0.2, 0) is 14.8 Å². The molecule has 8 nitrogen and oxygen atoms in total. The Morgan fingerprint density at radius 1 is 1.20 bits per heavy atom. The third kappa shape index (κ3) is 4.59. The van der Waals surface area contributed by atoms with E-state index in [2.05, 4.69) is 5.32 Å². The summed E-state index contributed by atoms with van der Waals surface area (Å²) in [6.45, 7) is 1.87. The monoisotopic (exact) mass is 471 g/mol. The topological polar surface area (TPSA) is 110 Å². The summed E-state index contributed by atoms with van der Waals surface area (Å²) < 4.78 is 27.1. The smallest absolute Gasteiger partial charge is 0.274 e. The molecule has 1 heterocycles. The number of nitrogens with one attached hydrogen (secondary N) is 1. The summed E-state index contributed by atoms with van der Waals surface area (Å²) in [7, 11) is -3.83. The molecular weight excluding hydrogens is 453 g/mol. The van der Waals surface area contributed by atoms with Crippen molar-refractivity contribution in [1.82, 2.24) is 4.31 Å². The van der Waals surface area contributed by atoms with Crippen LogP contribution < -0.4 is 5.32 Å². The van der Waals surface area contributed by atoms with E-state index in [4.69, 9.17) is 23.2 Å². The molecule has 1 aliphatic heterocycles. The van der Waals surface area contributed by atoms with E-state index in [9.17, 15) is 23.3 Å². The largest absolute Gasteiger partial charge is 0.325 e. The lowest BCUT2D eigenvalue weighted by atomic mass is 9.97. The summed E-state index contributed by atoms with van der Waals surface area (Å²) in [4.78, 5) is 23.1. The molecule has 1 N–H and O–H groups in total. The average molecular weight is 472 g/mol. The Morgan fingerprint density at radius 2 is 1.87 bits per heavy atom. The van der Waals surface area contributed by atoms with Gasteiger partial charge in [0.15, 0.2) is 0 Å². The number of nitrogens with zero attached hydrogens (tertiary/aromatic N) is 2. The summed E-state index contributed by atoms with van der Waals surface area (Å²) >= 11 is 12.0. The number of amides is 1. The molecule has 0 aromatic heterocycles. The Hall–Kier alpha value is -2.20. The quantitative estimate of drug-likeness (QED) is 0.517. The number of hydrogen-bond donors (Lipinski definition) is 1. The summed E-state index contributed by atoms with van der Waals surface area (Å²) in [5, 5.41) is 14.1. The Bertz CT molecular complexity index is 1100. The zero-order valence-corrected chi connectivity index (χ0v) is 18.3. The maximum atomic E-state index is 12.9. The first-order valence-corrected chi connectivity index (χ1v) is 11.3. The van der Waals surface area contributed by atoms with Crippen molar-refractivity contribution in [2.24, 2.45) is 5.92 Å². The molecule has 30 heavy (non-hydrogen) atoms. The lowest BCUT2D eigenvalue weighted by molar-refractivity contribution is -0.385. The van der Waals surface area contributed by atoms with Gasteiger partial charge in [-0.15, -0.1) is 0 Å². The van der Waals surface area contributed by atoms with E-state index < -0.39 is 20.9 Å². The Balaban J connectivity index is 1.68. The van der Waals surface area contributed by atoms with Crippen LogP contribution in [0.3, 0.4) is 0 Å². The van der Waals surface area contributed by atoms with Crippen molar-refractivity contribution < 1.29 is 18.1 Å². The normalized spacial score (nSPS) is 15.7. The molecule has 11 heteroatoms. The second-order valence-electron chi connectivity index (χ2n) is 6.95. The van der Waals surface area contributed by atoms with Crippen LogP contribution in [0.1, 0.15) is 18.4 Å². The molecule has 0 saturated carbocycles. The van der Waals surface area contributed by atoms with Crippen LogP contribution in [0.15, 0.2) is 41.3 Å². The summed E-state index contributed by atoms with van der Waals surface area (Å²) in [6.07, 6.45) is 0.633. The van der Waals surface area contributed by atoms with Crippen LogP contribution in [0.25, 0.3) is 0 Å². The first-order chi connectivity index (χ1) is 14.1. The maximum absolute atomic E-state index is 12.9. The van der Waals surface area contributed by atoms with Gasteiger partial charge in [-0.25, -0.2) is 8.42 Å². The van der Waals surface area contributed by atoms with Crippen molar-refractivity contribution in [3.63, 3.8) is 0 Å². The highest BCUT2D eigenvalue weighted by atomic mass is 35.5. The predicted octanol–water partition coefficient (Wildman–Crippen LogP) is 4.25. The zero-order chi connectivity index (χ0) is 22.1. The highest BCUT2D eigenvalue weighted by Gasteiger charge is 2.33. The number of piperidine rings is 1. The first-order valence-electron chi connectivity index (χ1n) is 9.11. The van der Waals surface area contributed by atoms with Crippen molar-refractivity contribution in [2.75, 3.05) is 18.4 Å². The highest BCUT2D eigenvalue weighted by Crippen LogP contribution is 2.31. The predicted molar refractivity (Wildman–Crippen MR) is 114 cm³/mol. The molecule has 3 rings (SSSR count). The van der Waals surface area contributed by atoms with Crippen LogP contribution in [0.5, 0.6) is 0 Å². The van der Waals surface area contributed by atoms with Crippen molar-refractivity contribution >= 4 is 50.5 Å². The molecule has 0 atom stereocenters. The lowest BCUT2D eigenvalue weighted by Crippen LogP contribution is -2.41. The fourth-order valence-corrected chi connectivity index (χ4v) is 5.57. The number of rotatable bonds is 5. The number of halogens is 2. The van der Waals surface area contributed by atoms with Crippen LogP contribution in [0.2, 0.25) is 10.0 Å². The van der Waals surface area contributed by atoms with Gasteiger partial charge in [0.25, 0.3) is 5.69 Å². The molecule has 0 bridgehead atoms. The Kier molecular flexibility index (Phi) is 6.66. The van der Waals surface area contributed by atoms with E-state index in [0.29, 0.717) is 24.1 Å². The number of benzene rings is 2. The number of hydrogen-bond acceptors (Lipinski definition) is 5. The molecule has 0 radical (unpaired) electrons. The number of anilines is 1. The van der Waals surface area contributed by atoms with E-state index in [-0.39, 0.29) is 39.6 Å². The Labute approximate surface area is 184 Å². The van der Waals surface area contributed by atoms with Gasteiger partial charge in [-0.2, -0.15) is 4.31 Å². The second kappa shape index (κ2) is 8.89. The summed E-state index contributed by atoms with van der Waals surface area (Å²) in [6, 6.07) is 8.72. The molecule has 1 fully saturated rings. The van der Waals surface area contributed by atoms with Gasteiger partial charge >= 0.3 is 0 Å². The van der Waals surface area contributed by atoms with E-state index in [1.807, 2.05) is 0 Å². The van der Waals surface area contributed by atoms with Crippen LogP contribution in [0, 0.1) is 23.0 Å². The van der Waals surface area contributed by atoms with Crippen LogP contribution in [0.4, 0.5) is 11.4 Å². The number of nitro benzene ring substituents is 1. The van der Waals surface area contributed by atoms with Gasteiger partial charge in [0.05, 0.1) is 21.2 Å². The van der Waals surface area contributed by atoms with Gasteiger partial charge in [0.1, 0.15) is 4.90 Å². The number of carbonyl (C=O) groups excluding carboxylic acids is 1. The van der Waals surface area contributed by atoms with Gasteiger partial charge in [-0.05, 0) is 44.0 Å². The van der Waals surface area contributed by atoms with Crippen molar-refractivity contribution in [3.05, 3.63) is 62.1 Å². The molecule has 2 aromatic carbocycles. The molecule has 1 aliphatic rings. The maximum Gasteiger partial charge on any atom is 0.274 e. The third-order valence-electron chi connectivity index (χ3n) is 5.10. The van der Waals surface area contributed by atoms with Crippen LogP contribution in [-0.4, -0.2) is 36.6 Å². The SMILES string of the molecule is Cc1c(NC(=O)C2CCN(S(=O)(=O)c3cc(Cl)ccc3Cl)CC2)cccc1[N+](=O)[O-]. The molecule has 1 saturated heterocycles. The van der Waals surface area contributed by atoms with Crippen LogP contribution >= 0.6 is 23.2 Å². The van der Waals surface area contributed by atoms with E-state index in [1.165, 1.54) is 34.6 Å². The number of nitro groups is 1. The van der Waals surface area contributed by atoms with Crippen molar-refractivity contribution in [2.45, 2.75) is 24.7 Å². The van der Waals surface area contributed by atoms with E-state index >= 15 is 0 Å². The zero-order valence-electron chi connectivity index (χ0n) is 16.0. The van der Waals surface area contributed by atoms with Gasteiger partial charge in [0.2, 0.25) is 15.9 Å². The summed E-state index contributed by atoms with van der Waals surface area (Å²) in [5.41, 5.74) is 0.661. The van der Waals surface area contributed by atoms with Gasteiger partial charge in [-0.1, -0.05) is 29.3 Å². The van der Waals surface area contributed by atoms with Gasteiger partial charge in [-0.3, -0.25) is 14.9 Å². The lowest BCUT2D eigenvalue weighted by Gasteiger charge is -2.30. The Morgan fingerprint density at radius 3 is 2.50 bits per heavy atom. The minimum Gasteiger partial charge on any atom is -0.325 e. The fourth-order valence-electron chi connectivity index (χ4n) is 3.36. The molecule has 0 unspecified atom stereocenters. The number of sulfonamides is 1. The second-order valence-corrected chi connectivity index (χ2v) is 9.70. The molecule has 1 amide bonds. The minimum absolute atomic E-state index is 0.0632. The van der Waals surface area contributed by atoms with Gasteiger partial charge in [0, 0.05) is 30.1 Å². The molecule has 160 valence electrons.